The normalized spacial score (nSPS) is 28.4. The van der Waals surface area contributed by atoms with Crippen LogP contribution in [0.3, 0.4) is 0 Å². The lowest BCUT2D eigenvalue weighted by Gasteiger charge is -2.33. The van der Waals surface area contributed by atoms with Crippen LogP contribution in [0, 0.1) is 11.8 Å². The zero-order valence-electron chi connectivity index (χ0n) is 11.4. The Morgan fingerprint density at radius 2 is 1.74 bits per heavy atom. The third-order valence-corrected chi connectivity index (χ3v) is 4.51. The highest BCUT2D eigenvalue weighted by atomic mass is 16.2. The van der Waals surface area contributed by atoms with Gasteiger partial charge in [0.05, 0.1) is 5.92 Å². The number of rotatable bonds is 3. The summed E-state index contributed by atoms with van der Waals surface area (Å²) in [5.41, 5.74) is 0. The van der Waals surface area contributed by atoms with Crippen LogP contribution in [0.25, 0.3) is 0 Å². The molecule has 5 nitrogen and oxygen atoms in total. The van der Waals surface area contributed by atoms with Gasteiger partial charge in [-0.2, -0.15) is 0 Å². The van der Waals surface area contributed by atoms with E-state index in [9.17, 15) is 9.59 Å². The van der Waals surface area contributed by atoms with Crippen molar-refractivity contribution in [3.63, 3.8) is 0 Å². The maximum atomic E-state index is 12.2. The lowest BCUT2D eigenvalue weighted by atomic mass is 10.0. The summed E-state index contributed by atoms with van der Waals surface area (Å²) in [7, 11) is 0. The standard InChI is InChI=1S/C14H23N3O2/c18-13(10-1-2-10)16-12-4-7-17(8-5-12)14(19)11-3-6-15-9-11/h10-12,15H,1-9H2,(H,16,18). The highest BCUT2D eigenvalue weighted by Crippen LogP contribution is 2.29. The summed E-state index contributed by atoms with van der Waals surface area (Å²) >= 11 is 0. The molecule has 0 aromatic rings. The van der Waals surface area contributed by atoms with Gasteiger partial charge in [0.2, 0.25) is 11.8 Å². The Morgan fingerprint density at radius 3 is 2.32 bits per heavy atom. The van der Waals surface area contributed by atoms with Crippen molar-refractivity contribution >= 4 is 11.8 Å². The molecular weight excluding hydrogens is 242 g/mol. The van der Waals surface area contributed by atoms with E-state index in [1.807, 2.05) is 4.90 Å². The van der Waals surface area contributed by atoms with Gasteiger partial charge in [0.15, 0.2) is 0 Å². The summed E-state index contributed by atoms with van der Waals surface area (Å²) in [6.45, 7) is 3.39. The minimum atomic E-state index is 0.178. The van der Waals surface area contributed by atoms with Gasteiger partial charge >= 0.3 is 0 Å². The maximum absolute atomic E-state index is 12.2. The molecule has 1 atom stereocenters. The van der Waals surface area contributed by atoms with Gasteiger partial charge in [-0.05, 0) is 38.6 Å². The van der Waals surface area contributed by atoms with Crippen molar-refractivity contribution in [2.45, 2.75) is 38.1 Å². The zero-order chi connectivity index (χ0) is 13.2. The van der Waals surface area contributed by atoms with E-state index in [1.165, 1.54) is 0 Å². The highest BCUT2D eigenvalue weighted by molar-refractivity contribution is 5.81. The van der Waals surface area contributed by atoms with E-state index in [-0.39, 0.29) is 23.8 Å². The summed E-state index contributed by atoms with van der Waals surface area (Å²) in [5.74, 6) is 0.989. The second-order valence-electron chi connectivity index (χ2n) is 6.07. The van der Waals surface area contributed by atoms with Crippen LogP contribution in [0.1, 0.15) is 32.1 Å². The monoisotopic (exact) mass is 265 g/mol. The average molecular weight is 265 g/mol. The van der Waals surface area contributed by atoms with E-state index < -0.39 is 0 Å². The second-order valence-corrected chi connectivity index (χ2v) is 6.07. The molecule has 1 aliphatic carbocycles. The molecule has 2 saturated heterocycles. The van der Waals surface area contributed by atoms with Crippen molar-refractivity contribution in [3.05, 3.63) is 0 Å². The summed E-state index contributed by atoms with van der Waals surface area (Å²) in [6.07, 6.45) is 4.89. The van der Waals surface area contributed by atoms with Crippen LogP contribution in [0.4, 0.5) is 0 Å². The Hall–Kier alpha value is -1.10. The molecule has 0 spiro atoms. The SMILES string of the molecule is O=C(NC1CCN(C(=O)C2CCNC2)CC1)C1CC1. The molecule has 19 heavy (non-hydrogen) atoms. The van der Waals surface area contributed by atoms with E-state index in [2.05, 4.69) is 10.6 Å². The zero-order valence-corrected chi connectivity index (χ0v) is 11.4. The van der Waals surface area contributed by atoms with Crippen LogP contribution < -0.4 is 10.6 Å². The summed E-state index contributed by atoms with van der Waals surface area (Å²) < 4.78 is 0. The third kappa shape index (κ3) is 3.08. The molecule has 0 aromatic carbocycles. The van der Waals surface area contributed by atoms with E-state index in [0.29, 0.717) is 5.91 Å². The summed E-state index contributed by atoms with van der Waals surface area (Å²) in [6, 6.07) is 0.277. The van der Waals surface area contributed by atoms with Crippen LogP contribution in [-0.2, 0) is 9.59 Å². The number of amides is 2. The topological polar surface area (TPSA) is 61.4 Å². The molecule has 2 aliphatic heterocycles. The number of hydrogen-bond acceptors (Lipinski definition) is 3. The third-order valence-electron chi connectivity index (χ3n) is 4.51. The van der Waals surface area contributed by atoms with Gasteiger partial charge in [-0.1, -0.05) is 0 Å². The molecule has 3 aliphatic rings. The molecule has 106 valence electrons. The number of carbonyl (C=O) groups excluding carboxylic acids is 2. The number of nitrogens with zero attached hydrogens (tertiary/aromatic N) is 1. The van der Waals surface area contributed by atoms with Crippen LogP contribution >= 0.6 is 0 Å². The maximum Gasteiger partial charge on any atom is 0.227 e. The van der Waals surface area contributed by atoms with Gasteiger partial charge in [-0.3, -0.25) is 9.59 Å². The van der Waals surface area contributed by atoms with E-state index in [0.717, 1.165) is 58.3 Å². The predicted octanol–water partition coefficient (Wildman–Crippen LogP) is 0.113. The fraction of sp³-hybridized carbons (Fsp3) is 0.857. The van der Waals surface area contributed by atoms with Crippen molar-refractivity contribution in [1.82, 2.24) is 15.5 Å². The Labute approximate surface area is 114 Å². The second kappa shape index (κ2) is 5.49. The van der Waals surface area contributed by atoms with E-state index >= 15 is 0 Å². The molecule has 3 rings (SSSR count). The van der Waals surface area contributed by atoms with Gasteiger partial charge in [0.1, 0.15) is 0 Å². The van der Waals surface area contributed by atoms with Crippen molar-refractivity contribution in [2.75, 3.05) is 26.2 Å². The van der Waals surface area contributed by atoms with Crippen molar-refractivity contribution < 1.29 is 9.59 Å². The lowest BCUT2D eigenvalue weighted by Crippen LogP contribution is -2.48. The number of likely N-dealkylation sites (tertiary alicyclic amines) is 1. The Balaban J connectivity index is 1.43. The highest BCUT2D eigenvalue weighted by Gasteiger charge is 2.33. The van der Waals surface area contributed by atoms with Crippen LogP contribution in [0.15, 0.2) is 0 Å². The molecule has 2 heterocycles. The van der Waals surface area contributed by atoms with Gasteiger partial charge in [-0.25, -0.2) is 0 Å². The van der Waals surface area contributed by atoms with Gasteiger partial charge in [0.25, 0.3) is 0 Å². The Bertz CT molecular complexity index is 354. The first kappa shape index (κ1) is 12.9. The molecule has 0 radical (unpaired) electrons. The Morgan fingerprint density at radius 1 is 1.00 bits per heavy atom. The van der Waals surface area contributed by atoms with Crippen molar-refractivity contribution in [2.24, 2.45) is 11.8 Å². The largest absolute Gasteiger partial charge is 0.353 e. The summed E-state index contributed by atoms with van der Waals surface area (Å²) in [5, 5.41) is 6.36. The first-order chi connectivity index (χ1) is 9.24. The molecule has 2 N–H and O–H groups in total. The number of piperidine rings is 1. The number of nitrogens with one attached hydrogen (secondary N) is 2. The molecule has 3 fully saturated rings. The fourth-order valence-electron chi connectivity index (χ4n) is 3.03. The molecule has 5 heteroatoms. The van der Waals surface area contributed by atoms with Gasteiger partial charge in [-0.15, -0.1) is 0 Å². The molecule has 0 bridgehead atoms. The van der Waals surface area contributed by atoms with Crippen LogP contribution in [-0.4, -0.2) is 48.9 Å². The van der Waals surface area contributed by atoms with E-state index in [4.69, 9.17) is 0 Å². The smallest absolute Gasteiger partial charge is 0.227 e. The molecule has 1 unspecified atom stereocenters. The average Bonchev–Trinajstić information content (AvgIpc) is 3.14. The minimum Gasteiger partial charge on any atom is -0.353 e. The minimum absolute atomic E-state index is 0.178. The number of carbonyl (C=O) groups is 2. The van der Waals surface area contributed by atoms with Crippen molar-refractivity contribution in [3.8, 4) is 0 Å². The van der Waals surface area contributed by atoms with Gasteiger partial charge < -0.3 is 15.5 Å². The summed E-state index contributed by atoms with van der Waals surface area (Å²) in [4.78, 5) is 25.9. The Kier molecular flexibility index (Phi) is 3.73. The van der Waals surface area contributed by atoms with Gasteiger partial charge in [0, 0.05) is 31.6 Å². The van der Waals surface area contributed by atoms with Crippen LogP contribution in [0.5, 0.6) is 0 Å². The van der Waals surface area contributed by atoms with E-state index in [1.54, 1.807) is 0 Å². The fourth-order valence-corrected chi connectivity index (χ4v) is 3.03. The van der Waals surface area contributed by atoms with Crippen molar-refractivity contribution in [1.29, 1.82) is 0 Å². The first-order valence-electron chi connectivity index (χ1n) is 7.54. The number of hydrogen-bond donors (Lipinski definition) is 2. The molecule has 0 aromatic heterocycles. The first-order valence-corrected chi connectivity index (χ1v) is 7.54. The predicted molar refractivity (Wildman–Crippen MR) is 71.4 cm³/mol. The molecule has 1 saturated carbocycles. The molecule has 2 amide bonds. The quantitative estimate of drug-likeness (QED) is 0.761. The van der Waals surface area contributed by atoms with Crippen LogP contribution in [0.2, 0.25) is 0 Å². The molecular formula is C14H23N3O2. The lowest BCUT2D eigenvalue weighted by molar-refractivity contribution is -0.136.